The normalized spacial score (nSPS) is 15.4. The number of H-pyrrole nitrogens is 2. The van der Waals surface area contributed by atoms with Crippen molar-refractivity contribution >= 4 is 5.69 Å². The summed E-state index contributed by atoms with van der Waals surface area (Å²) in [5.41, 5.74) is 3.19. The summed E-state index contributed by atoms with van der Waals surface area (Å²) in [7, 11) is 0. The zero-order valence-electron chi connectivity index (χ0n) is 19.2. The van der Waals surface area contributed by atoms with Gasteiger partial charge in [0.05, 0.1) is 16.9 Å². The van der Waals surface area contributed by atoms with Crippen molar-refractivity contribution < 1.29 is 13.2 Å². The third kappa shape index (κ3) is 4.94. The van der Waals surface area contributed by atoms with Crippen LogP contribution in [0.1, 0.15) is 35.4 Å². The van der Waals surface area contributed by atoms with Crippen LogP contribution in [-0.4, -0.2) is 39.0 Å². The average Bonchev–Trinajstić information content (AvgIpc) is 3.18. The number of aromatic amines is 2. The molecule has 2 N–H and O–H groups in total. The molecule has 1 saturated heterocycles. The topological polar surface area (TPSA) is 68.0 Å². The zero-order valence-corrected chi connectivity index (χ0v) is 19.2. The third-order valence-corrected chi connectivity index (χ3v) is 6.45. The molecule has 0 aliphatic carbocycles. The first-order valence-electron chi connectivity index (χ1n) is 11.2. The number of nitrogens with zero attached hydrogens (tertiary/aromatic N) is 3. The fourth-order valence-electron chi connectivity index (χ4n) is 4.44. The van der Waals surface area contributed by atoms with E-state index in [9.17, 15) is 18.0 Å². The smallest absolute Gasteiger partial charge is 0.345 e. The van der Waals surface area contributed by atoms with Gasteiger partial charge in [0.2, 0.25) is 0 Å². The Morgan fingerprint density at radius 2 is 1.85 bits per heavy atom. The molecule has 0 spiro atoms. The Labute approximate surface area is 196 Å². The summed E-state index contributed by atoms with van der Waals surface area (Å²) in [6, 6.07) is 7.18. The first-order chi connectivity index (χ1) is 16.2. The summed E-state index contributed by atoms with van der Waals surface area (Å²) in [5.74, 6) is 0.568. The highest BCUT2D eigenvalue weighted by Crippen LogP contribution is 2.31. The second-order valence-corrected chi connectivity index (χ2v) is 8.65. The Morgan fingerprint density at radius 3 is 2.47 bits per heavy atom. The van der Waals surface area contributed by atoms with Gasteiger partial charge in [-0.15, -0.1) is 0 Å². The predicted octanol–water partition coefficient (Wildman–Crippen LogP) is 5.02. The predicted molar refractivity (Wildman–Crippen MR) is 127 cm³/mol. The lowest BCUT2D eigenvalue weighted by Crippen LogP contribution is -2.43. The van der Waals surface area contributed by atoms with E-state index in [1.54, 1.807) is 12.4 Å². The van der Waals surface area contributed by atoms with Crippen molar-refractivity contribution in [2.75, 3.05) is 18.0 Å². The highest BCUT2D eigenvalue weighted by molar-refractivity contribution is 5.57. The van der Waals surface area contributed by atoms with Gasteiger partial charge in [-0.2, -0.15) is 13.2 Å². The van der Waals surface area contributed by atoms with Gasteiger partial charge in [0.15, 0.2) is 0 Å². The number of hydrogen-bond acceptors (Lipinski definition) is 4. The molecule has 1 aliphatic rings. The number of rotatable bonds is 6. The molecule has 3 aromatic rings. The van der Waals surface area contributed by atoms with Gasteiger partial charge in [-0.05, 0) is 51.1 Å². The van der Waals surface area contributed by atoms with E-state index in [1.807, 2.05) is 19.9 Å². The number of anilines is 1. The van der Waals surface area contributed by atoms with Crippen LogP contribution >= 0.6 is 0 Å². The number of hydrogen-bond donors (Lipinski definition) is 2. The second kappa shape index (κ2) is 9.50. The van der Waals surface area contributed by atoms with Gasteiger partial charge >= 0.3 is 6.18 Å². The molecule has 0 radical (unpaired) electrons. The lowest BCUT2D eigenvalue weighted by atomic mass is 10.0. The Hall–Kier alpha value is -3.33. The second-order valence-electron chi connectivity index (χ2n) is 8.65. The number of likely N-dealkylation sites (tertiary alicyclic amines) is 1. The maximum atomic E-state index is 12.8. The van der Waals surface area contributed by atoms with Crippen molar-refractivity contribution in [3.05, 3.63) is 82.2 Å². The summed E-state index contributed by atoms with van der Waals surface area (Å²) >= 11 is 0. The number of benzene rings is 1. The quantitative estimate of drug-likeness (QED) is 0.530. The molecule has 0 amide bonds. The SMILES string of the molecule is C=CN(c1cc[nH]c(=O)c1C)C1CCN(Cc2nc(-c3ccc(C(F)(F)F)cc3)[nH]c2C)CC1. The van der Waals surface area contributed by atoms with E-state index in [2.05, 4.69) is 31.3 Å². The Balaban J connectivity index is 1.41. The van der Waals surface area contributed by atoms with Gasteiger partial charge in [0.25, 0.3) is 5.56 Å². The largest absolute Gasteiger partial charge is 0.416 e. The van der Waals surface area contributed by atoms with Crippen LogP contribution in [0.2, 0.25) is 0 Å². The van der Waals surface area contributed by atoms with Gasteiger partial charge in [0.1, 0.15) is 5.82 Å². The number of halogens is 3. The molecule has 0 unspecified atom stereocenters. The number of nitrogens with one attached hydrogen (secondary N) is 2. The summed E-state index contributed by atoms with van der Waals surface area (Å²) in [6.45, 7) is 10.1. The van der Waals surface area contributed by atoms with Crippen molar-refractivity contribution in [1.29, 1.82) is 0 Å². The molecule has 3 heterocycles. The number of aryl methyl sites for hydroxylation is 1. The molecule has 0 atom stereocenters. The maximum absolute atomic E-state index is 12.8. The molecule has 1 aliphatic heterocycles. The maximum Gasteiger partial charge on any atom is 0.416 e. The molecule has 2 aromatic heterocycles. The van der Waals surface area contributed by atoms with E-state index in [4.69, 9.17) is 0 Å². The van der Waals surface area contributed by atoms with Gasteiger partial charge in [-0.1, -0.05) is 18.7 Å². The number of pyridine rings is 1. The summed E-state index contributed by atoms with van der Waals surface area (Å²) in [5, 5.41) is 0. The Bertz CT molecular complexity index is 1200. The highest BCUT2D eigenvalue weighted by atomic mass is 19.4. The molecule has 0 saturated carbocycles. The molecular weight excluding hydrogens is 443 g/mol. The van der Waals surface area contributed by atoms with Crippen LogP contribution in [0.25, 0.3) is 11.4 Å². The highest BCUT2D eigenvalue weighted by Gasteiger charge is 2.30. The van der Waals surface area contributed by atoms with Crippen LogP contribution in [0.15, 0.2) is 54.1 Å². The van der Waals surface area contributed by atoms with Crippen molar-refractivity contribution in [2.45, 2.75) is 45.5 Å². The summed E-state index contributed by atoms with van der Waals surface area (Å²) in [6.07, 6.45) is 0.910. The van der Waals surface area contributed by atoms with E-state index in [-0.39, 0.29) is 11.6 Å². The van der Waals surface area contributed by atoms with Gasteiger partial charge in [-0.3, -0.25) is 9.69 Å². The van der Waals surface area contributed by atoms with Crippen molar-refractivity contribution in [3.8, 4) is 11.4 Å². The number of aromatic nitrogens is 3. The summed E-state index contributed by atoms with van der Waals surface area (Å²) in [4.78, 5) is 27.0. The van der Waals surface area contributed by atoms with Crippen LogP contribution < -0.4 is 10.5 Å². The molecule has 4 rings (SSSR count). The van der Waals surface area contributed by atoms with Crippen LogP contribution in [0.5, 0.6) is 0 Å². The Morgan fingerprint density at radius 1 is 1.18 bits per heavy atom. The number of imidazole rings is 1. The number of alkyl halides is 3. The molecule has 6 nitrogen and oxygen atoms in total. The average molecular weight is 472 g/mol. The van der Waals surface area contributed by atoms with Crippen molar-refractivity contribution in [1.82, 2.24) is 19.9 Å². The van der Waals surface area contributed by atoms with Crippen molar-refractivity contribution in [3.63, 3.8) is 0 Å². The van der Waals surface area contributed by atoms with Crippen LogP contribution in [0.3, 0.4) is 0 Å². The molecule has 1 aromatic carbocycles. The number of piperidine rings is 1. The molecule has 34 heavy (non-hydrogen) atoms. The van der Waals surface area contributed by atoms with E-state index >= 15 is 0 Å². The molecule has 0 bridgehead atoms. The Kier molecular flexibility index (Phi) is 6.65. The minimum atomic E-state index is -4.36. The van der Waals surface area contributed by atoms with Gasteiger partial charge in [-0.25, -0.2) is 4.98 Å². The van der Waals surface area contributed by atoms with E-state index in [0.717, 1.165) is 55.1 Å². The first kappa shape index (κ1) is 23.8. The molecule has 1 fully saturated rings. The first-order valence-corrected chi connectivity index (χ1v) is 11.2. The van der Waals surface area contributed by atoms with Crippen LogP contribution in [-0.2, 0) is 12.7 Å². The fourth-order valence-corrected chi connectivity index (χ4v) is 4.44. The minimum Gasteiger partial charge on any atom is -0.345 e. The van der Waals surface area contributed by atoms with Crippen LogP contribution in [0.4, 0.5) is 18.9 Å². The standard InChI is InChI=1S/C25H28F3N5O/c1-4-33(22-9-12-29-24(34)16(22)2)20-10-13-32(14-11-20)15-21-17(3)30-23(31-21)18-5-7-19(8-6-18)25(26,27)28/h4-9,12,20H,1,10-11,13-15H2,2-3H3,(H,29,34)(H,30,31). The van der Waals surface area contributed by atoms with Gasteiger partial charge < -0.3 is 14.9 Å². The minimum absolute atomic E-state index is 0.0976. The van der Waals surface area contributed by atoms with E-state index < -0.39 is 11.7 Å². The summed E-state index contributed by atoms with van der Waals surface area (Å²) < 4.78 is 38.5. The van der Waals surface area contributed by atoms with E-state index in [1.165, 1.54) is 12.1 Å². The third-order valence-electron chi connectivity index (χ3n) is 6.45. The lowest BCUT2D eigenvalue weighted by molar-refractivity contribution is -0.137. The van der Waals surface area contributed by atoms with E-state index in [0.29, 0.717) is 23.5 Å². The van der Waals surface area contributed by atoms with Crippen LogP contribution in [0, 0.1) is 13.8 Å². The van der Waals surface area contributed by atoms with Crippen molar-refractivity contribution in [2.24, 2.45) is 0 Å². The molecule has 180 valence electrons. The molecular formula is C25H28F3N5O. The van der Waals surface area contributed by atoms with Gasteiger partial charge in [0, 0.05) is 48.7 Å². The fraction of sp³-hybridized carbons (Fsp3) is 0.360. The lowest BCUT2D eigenvalue weighted by Gasteiger charge is -2.38. The zero-order chi connectivity index (χ0) is 24.5. The molecule has 9 heteroatoms. The monoisotopic (exact) mass is 471 g/mol.